The maximum absolute atomic E-state index is 12.7. The lowest BCUT2D eigenvalue weighted by atomic mass is 10.1. The van der Waals surface area contributed by atoms with Crippen molar-refractivity contribution in [1.29, 1.82) is 0 Å². The lowest BCUT2D eigenvalue weighted by molar-refractivity contribution is -0.126. The zero-order valence-electron chi connectivity index (χ0n) is 17.4. The second-order valence-electron chi connectivity index (χ2n) is 7.56. The number of carbonyl (C=O) groups is 2. The van der Waals surface area contributed by atoms with Gasteiger partial charge in [0.25, 0.3) is 0 Å². The molecule has 2 amide bonds. The summed E-state index contributed by atoms with van der Waals surface area (Å²) in [6.07, 6.45) is 0.235. The first-order chi connectivity index (χ1) is 14.0. The number of ether oxygens (including phenoxy) is 1. The summed E-state index contributed by atoms with van der Waals surface area (Å²) in [7, 11) is 4.05. The zero-order chi connectivity index (χ0) is 20.8. The van der Waals surface area contributed by atoms with Crippen LogP contribution in [0.1, 0.15) is 24.5 Å². The summed E-state index contributed by atoms with van der Waals surface area (Å²) in [6, 6.07) is 15.5. The van der Waals surface area contributed by atoms with Crippen LogP contribution in [0, 0.1) is 5.92 Å². The molecule has 0 aromatic heterocycles. The molecule has 6 nitrogen and oxygen atoms in total. The van der Waals surface area contributed by atoms with Crippen LogP contribution in [-0.4, -0.2) is 44.0 Å². The topological polar surface area (TPSA) is 61.9 Å². The highest BCUT2D eigenvalue weighted by Crippen LogP contribution is 2.27. The third kappa shape index (κ3) is 5.35. The maximum atomic E-state index is 12.7. The molecule has 154 valence electrons. The van der Waals surface area contributed by atoms with Crippen molar-refractivity contribution < 1.29 is 14.3 Å². The van der Waals surface area contributed by atoms with E-state index in [4.69, 9.17) is 4.74 Å². The molecule has 1 saturated heterocycles. The molecule has 0 radical (unpaired) electrons. The van der Waals surface area contributed by atoms with Crippen LogP contribution in [-0.2, 0) is 22.7 Å². The summed E-state index contributed by atoms with van der Waals surface area (Å²) < 4.78 is 5.45. The van der Waals surface area contributed by atoms with Crippen molar-refractivity contribution in [1.82, 2.24) is 10.2 Å². The molecule has 0 spiro atoms. The smallest absolute Gasteiger partial charge is 0.227 e. The molecule has 6 heteroatoms. The van der Waals surface area contributed by atoms with E-state index in [0.29, 0.717) is 19.7 Å². The molecule has 1 N–H and O–H groups in total. The van der Waals surface area contributed by atoms with E-state index in [1.807, 2.05) is 63.5 Å². The quantitative estimate of drug-likeness (QED) is 0.747. The predicted molar refractivity (Wildman–Crippen MR) is 114 cm³/mol. The fourth-order valence-electron chi connectivity index (χ4n) is 3.57. The molecule has 1 aliphatic heterocycles. The second-order valence-corrected chi connectivity index (χ2v) is 7.56. The van der Waals surface area contributed by atoms with Gasteiger partial charge in [0.05, 0.1) is 12.5 Å². The standard InChI is InChI=1S/C23H29N3O3/c1-4-29-21-11-9-20(10-12-21)26-16-19(13-22(26)27)23(28)24-14-17-7-5-6-8-18(17)15-25(2)3/h5-12,19H,4,13-16H2,1-3H3,(H,24,28)/t19-/m1/s1. The molecule has 2 aromatic carbocycles. The van der Waals surface area contributed by atoms with E-state index in [1.165, 1.54) is 5.56 Å². The Morgan fingerprint density at radius 3 is 2.48 bits per heavy atom. The van der Waals surface area contributed by atoms with Crippen LogP contribution in [0.25, 0.3) is 0 Å². The number of nitrogens with zero attached hydrogens (tertiary/aromatic N) is 2. The Bertz CT molecular complexity index is 849. The van der Waals surface area contributed by atoms with E-state index in [-0.39, 0.29) is 24.2 Å². The van der Waals surface area contributed by atoms with Crippen molar-refractivity contribution in [3.63, 3.8) is 0 Å². The minimum Gasteiger partial charge on any atom is -0.494 e. The number of benzene rings is 2. The van der Waals surface area contributed by atoms with Gasteiger partial charge in [-0.2, -0.15) is 0 Å². The van der Waals surface area contributed by atoms with E-state index in [2.05, 4.69) is 16.3 Å². The predicted octanol–water partition coefficient (Wildman–Crippen LogP) is 2.82. The van der Waals surface area contributed by atoms with Crippen LogP contribution < -0.4 is 15.0 Å². The molecule has 1 atom stereocenters. The molecule has 1 fully saturated rings. The van der Waals surface area contributed by atoms with E-state index in [9.17, 15) is 9.59 Å². The average molecular weight is 396 g/mol. The van der Waals surface area contributed by atoms with Gasteiger partial charge in [-0.05, 0) is 56.4 Å². The first-order valence-electron chi connectivity index (χ1n) is 10.0. The highest BCUT2D eigenvalue weighted by molar-refractivity contribution is 6.00. The Balaban J connectivity index is 1.59. The fourth-order valence-corrected chi connectivity index (χ4v) is 3.57. The molecule has 0 saturated carbocycles. The molecule has 0 unspecified atom stereocenters. The lowest BCUT2D eigenvalue weighted by Gasteiger charge is -2.18. The van der Waals surface area contributed by atoms with Gasteiger partial charge in [0.15, 0.2) is 0 Å². The van der Waals surface area contributed by atoms with E-state index in [0.717, 1.165) is 23.5 Å². The first kappa shape index (κ1) is 20.9. The van der Waals surface area contributed by atoms with Gasteiger partial charge in [0, 0.05) is 31.7 Å². The van der Waals surface area contributed by atoms with Crippen molar-refractivity contribution >= 4 is 17.5 Å². The lowest BCUT2D eigenvalue weighted by Crippen LogP contribution is -2.33. The molecule has 1 heterocycles. The maximum Gasteiger partial charge on any atom is 0.227 e. The van der Waals surface area contributed by atoms with Crippen LogP contribution in [0.2, 0.25) is 0 Å². The first-order valence-corrected chi connectivity index (χ1v) is 10.0. The Morgan fingerprint density at radius 1 is 1.14 bits per heavy atom. The largest absolute Gasteiger partial charge is 0.494 e. The van der Waals surface area contributed by atoms with Gasteiger partial charge in [-0.15, -0.1) is 0 Å². The van der Waals surface area contributed by atoms with Crippen molar-refractivity contribution in [3.05, 3.63) is 59.7 Å². The van der Waals surface area contributed by atoms with Gasteiger partial charge in [0.2, 0.25) is 11.8 Å². The second kappa shape index (κ2) is 9.56. The molecule has 0 bridgehead atoms. The van der Waals surface area contributed by atoms with E-state index in [1.54, 1.807) is 4.90 Å². The van der Waals surface area contributed by atoms with E-state index >= 15 is 0 Å². The number of amides is 2. The van der Waals surface area contributed by atoms with Gasteiger partial charge in [-0.1, -0.05) is 24.3 Å². The number of nitrogens with one attached hydrogen (secondary N) is 1. The van der Waals surface area contributed by atoms with Gasteiger partial charge in [-0.25, -0.2) is 0 Å². The van der Waals surface area contributed by atoms with Crippen molar-refractivity contribution in [3.8, 4) is 5.75 Å². The zero-order valence-corrected chi connectivity index (χ0v) is 17.4. The highest BCUT2D eigenvalue weighted by Gasteiger charge is 2.35. The van der Waals surface area contributed by atoms with Gasteiger partial charge >= 0.3 is 0 Å². The average Bonchev–Trinajstić information content (AvgIpc) is 3.09. The molecule has 3 rings (SSSR count). The summed E-state index contributed by atoms with van der Waals surface area (Å²) in [5.74, 6) is 0.331. The monoisotopic (exact) mass is 395 g/mol. The number of hydrogen-bond acceptors (Lipinski definition) is 4. The fraction of sp³-hybridized carbons (Fsp3) is 0.391. The van der Waals surface area contributed by atoms with Crippen molar-refractivity contribution in [2.45, 2.75) is 26.4 Å². The third-order valence-electron chi connectivity index (χ3n) is 5.01. The molecule has 29 heavy (non-hydrogen) atoms. The van der Waals surface area contributed by atoms with Crippen LogP contribution in [0.15, 0.2) is 48.5 Å². The third-order valence-corrected chi connectivity index (χ3v) is 5.01. The Kier molecular flexibility index (Phi) is 6.88. The summed E-state index contributed by atoms with van der Waals surface area (Å²) in [6.45, 7) is 4.22. The molecule has 0 aliphatic carbocycles. The van der Waals surface area contributed by atoms with Gasteiger partial charge in [-0.3, -0.25) is 9.59 Å². The molecular formula is C23H29N3O3. The minimum absolute atomic E-state index is 0.0256. The number of carbonyl (C=O) groups excluding carboxylic acids is 2. The number of anilines is 1. The summed E-state index contributed by atoms with van der Waals surface area (Å²) in [5, 5.41) is 3.02. The minimum atomic E-state index is -0.338. The van der Waals surface area contributed by atoms with Gasteiger partial charge < -0.3 is 19.9 Å². The Hall–Kier alpha value is -2.86. The van der Waals surface area contributed by atoms with Crippen LogP contribution in [0.3, 0.4) is 0 Å². The number of rotatable bonds is 8. The van der Waals surface area contributed by atoms with Gasteiger partial charge in [0.1, 0.15) is 5.75 Å². The summed E-state index contributed by atoms with van der Waals surface area (Å²) in [5.41, 5.74) is 3.09. The SMILES string of the molecule is CCOc1ccc(N2C[C@H](C(=O)NCc3ccccc3CN(C)C)CC2=O)cc1. The Labute approximate surface area is 172 Å². The van der Waals surface area contributed by atoms with Crippen LogP contribution in [0.5, 0.6) is 5.75 Å². The molecular weight excluding hydrogens is 366 g/mol. The molecule has 2 aromatic rings. The summed E-state index contributed by atoms with van der Waals surface area (Å²) >= 11 is 0. The van der Waals surface area contributed by atoms with E-state index < -0.39 is 0 Å². The normalized spacial score (nSPS) is 16.3. The van der Waals surface area contributed by atoms with Crippen molar-refractivity contribution in [2.75, 3.05) is 32.1 Å². The van der Waals surface area contributed by atoms with Crippen molar-refractivity contribution in [2.24, 2.45) is 5.92 Å². The Morgan fingerprint density at radius 2 is 1.83 bits per heavy atom. The van der Waals surface area contributed by atoms with Crippen LogP contribution >= 0.6 is 0 Å². The summed E-state index contributed by atoms with van der Waals surface area (Å²) in [4.78, 5) is 28.9. The van der Waals surface area contributed by atoms with Crippen LogP contribution in [0.4, 0.5) is 5.69 Å². The number of hydrogen-bond donors (Lipinski definition) is 1. The molecule has 1 aliphatic rings. The highest BCUT2D eigenvalue weighted by atomic mass is 16.5.